The lowest BCUT2D eigenvalue weighted by atomic mass is 9.88. The zero-order chi connectivity index (χ0) is 10.9. The first-order valence-electron chi connectivity index (χ1n) is 5.19. The fourth-order valence-corrected chi connectivity index (χ4v) is 1.94. The summed E-state index contributed by atoms with van der Waals surface area (Å²) >= 11 is 0. The Labute approximate surface area is 88.7 Å². The fraction of sp³-hybridized carbons (Fsp3) is 0.500. The van der Waals surface area contributed by atoms with E-state index in [1.807, 2.05) is 0 Å². The summed E-state index contributed by atoms with van der Waals surface area (Å²) in [5.74, 6) is -0.237. The van der Waals surface area contributed by atoms with E-state index in [0.717, 1.165) is 12.0 Å². The zero-order valence-corrected chi connectivity index (χ0v) is 8.79. The van der Waals surface area contributed by atoms with Gasteiger partial charge in [0.05, 0.1) is 6.61 Å². The largest absolute Gasteiger partial charge is 0.383 e. The van der Waals surface area contributed by atoms with Crippen LogP contribution < -0.4 is 0 Å². The molecule has 0 bridgehead atoms. The van der Waals surface area contributed by atoms with Gasteiger partial charge in [-0.25, -0.2) is 4.39 Å². The van der Waals surface area contributed by atoms with Crippen LogP contribution in [0.1, 0.15) is 24.0 Å². The third-order valence-corrected chi connectivity index (χ3v) is 2.92. The third kappa shape index (κ3) is 2.03. The molecule has 1 unspecified atom stereocenters. The van der Waals surface area contributed by atoms with Crippen LogP contribution in [0.2, 0.25) is 0 Å². The van der Waals surface area contributed by atoms with Gasteiger partial charge in [0, 0.05) is 6.61 Å². The van der Waals surface area contributed by atoms with Crippen molar-refractivity contribution in [3.05, 3.63) is 35.1 Å². The van der Waals surface area contributed by atoms with Gasteiger partial charge in [0.2, 0.25) is 0 Å². The number of hydrogen-bond donors (Lipinski definition) is 1. The monoisotopic (exact) mass is 210 g/mol. The van der Waals surface area contributed by atoms with Crippen LogP contribution in [-0.4, -0.2) is 18.3 Å². The van der Waals surface area contributed by atoms with E-state index in [2.05, 4.69) is 0 Å². The Morgan fingerprint density at radius 1 is 1.47 bits per heavy atom. The highest BCUT2D eigenvalue weighted by molar-refractivity contribution is 5.29. The smallest absolute Gasteiger partial charge is 0.126 e. The first-order chi connectivity index (χ1) is 7.12. The molecule has 1 aliphatic heterocycles. The third-order valence-electron chi connectivity index (χ3n) is 2.92. The molecule has 2 nitrogen and oxygen atoms in total. The van der Waals surface area contributed by atoms with E-state index in [9.17, 15) is 9.50 Å². The maximum absolute atomic E-state index is 13.1. The van der Waals surface area contributed by atoms with Crippen LogP contribution in [0, 0.1) is 12.7 Å². The molecule has 1 atom stereocenters. The van der Waals surface area contributed by atoms with Gasteiger partial charge in [-0.3, -0.25) is 0 Å². The molecule has 82 valence electrons. The van der Waals surface area contributed by atoms with Gasteiger partial charge in [-0.05, 0) is 37.0 Å². The van der Waals surface area contributed by atoms with E-state index < -0.39 is 5.60 Å². The topological polar surface area (TPSA) is 29.5 Å². The molecule has 15 heavy (non-hydrogen) atoms. The highest BCUT2D eigenvalue weighted by Gasteiger charge is 2.32. The Kier molecular flexibility index (Phi) is 2.76. The SMILES string of the molecule is Cc1cc(C2(O)CCCOC2)ccc1F. The van der Waals surface area contributed by atoms with E-state index in [0.29, 0.717) is 25.2 Å². The van der Waals surface area contributed by atoms with Crippen LogP contribution >= 0.6 is 0 Å². The quantitative estimate of drug-likeness (QED) is 0.769. The van der Waals surface area contributed by atoms with Gasteiger partial charge in [-0.15, -0.1) is 0 Å². The Balaban J connectivity index is 2.31. The summed E-state index contributed by atoms with van der Waals surface area (Å²) in [6.45, 7) is 2.70. The van der Waals surface area contributed by atoms with E-state index in [1.165, 1.54) is 6.07 Å². The number of hydrogen-bond acceptors (Lipinski definition) is 2. The van der Waals surface area contributed by atoms with Crippen molar-refractivity contribution < 1.29 is 14.2 Å². The number of aliphatic hydroxyl groups is 1. The van der Waals surface area contributed by atoms with Gasteiger partial charge in [-0.2, -0.15) is 0 Å². The van der Waals surface area contributed by atoms with Crippen molar-refractivity contribution in [3.63, 3.8) is 0 Å². The minimum absolute atomic E-state index is 0.237. The predicted octanol–water partition coefficient (Wildman–Crippen LogP) is 2.13. The van der Waals surface area contributed by atoms with Crippen molar-refractivity contribution in [3.8, 4) is 0 Å². The first-order valence-corrected chi connectivity index (χ1v) is 5.19. The van der Waals surface area contributed by atoms with Gasteiger partial charge in [0.1, 0.15) is 11.4 Å². The first kappa shape index (κ1) is 10.6. The molecule has 2 rings (SSSR count). The minimum atomic E-state index is -0.934. The Morgan fingerprint density at radius 2 is 2.27 bits per heavy atom. The highest BCUT2D eigenvalue weighted by atomic mass is 19.1. The lowest BCUT2D eigenvalue weighted by Crippen LogP contribution is -2.35. The summed E-state index contributed by atoms with van der Waals surface area (Å²) in [6.07, 6.45) is 1.52. The van der Waals surface area contributed by atoms with Crippen molar-refractivity contribution in [1.29, 1.82) is 0 Å². The van der Waals surface area contributed by atoms with Crippen LogP contribution in [0.4, 0.5) is 4.39 Å². The van der Waals surface area contributed by atoms with Crippen LogP contribution in [0.25, 0.3) is 0 Å². The van der Waals surface area contributed by atoms with E-state index in [1.54, 1.807) is 19.1 Å². The molecule has 1 heterocycles. The van der Waals surface area contributed by atoms with Gasteiger partial charge in [0.15, 0.2) is 0 Å². The molecule has 0 radical (unpaired) electrons. The van der Waals surface area contributed by atoms with Crippen molar-refractivity contribution in [2.45, 2.75) is 25.4 Å². The Bertz CT molecular complexity index is 357. The van der Waals surface area contributed by atoms with Crippen LogP contribution in [0.15, 0.2) is 18.2 Å². The standard InChI is InChI=1S/C12H15FO2/c1-9-7-10(3-4-11(9)13)12(14)5-2-6-15-8-12/h3-4,7,14H,2,5-6,8H2,1H3. The van der Waals surface area contributed by atoms with Crippen molar-refractivity contribution in [2.75, 3.05) is 13.2 Å². The predicted molar refractivity (Wildman–Crippen MR) is 55.1 cm³/mol. The van der Waals surface area contributed by atoms with Gasteiger partial charge in [0.25, 0.3) is 0 Å². The number of rotatable bonds is 1. The molecule has 1 aromatic carbocycles. The second kappa shape index (κ2) is 3.91. The molecule has 1 aromatic rings. The summed E-state index contributed by atoms with van der Waals surface area (Å²) in [4.78, 5) is 0. The highest BCUT2D eigenvalue weighted by Crippen LogP contribution is 2.30. The van der Waals surface area contributed by atoms with E-state index in [4.69, 9.17) is 4.74 Å². The minimum Gasteiger partial charge on any atom is -0.383 e. The fourth-order valence-electron chi connectivity index (χ4n) is 1.94. The van der Waals surface area contributed by atoms with Gasteiger partial charge < -0.3 is 9.84 Å². The summed E-state index contributed by atoms with van der Waals surface area (Å²) in [6, 6.07) is 4.73. The number of halogens is 1. The molecule has 1 N–H and O–H groups in total. The Hall–Kier alpha value is -0.930. The van der Waals surface area contributed by atoms with Crippen LogP contribution in [0.5, 0.6) is 0 Å². The van der Waals surface area contributed by atoms with Gasteiger partial charge >= 0.3 is 0 Å². The molecule has 1 aliphatic rings. The second-order valence-electron chi connectivity index (χ2n) is 4.15. The summed E-state index contributed by atoms with van der Waals surface area (Å²) in [5, 5.41) is 10.3. The maximum Gasteiger partial charge on any atom is 0.126 e. The summed E-state index contributed by atoms with van der Waals surface area (Å²) < 4.78 is 18.3. The molecule has 0 aliphatic carbocycles. The summed E-state index contributed by atoms with van der Waals surface area (Å²) in [5.41, 5.74) is 0.379. The average Bonchev–Trinajstić information content (AvgIpc) is 2.23. The van der Waals surface area contributed by atoms with Crippen LogP contribution in [-0.2, 0) is 10.3 Å². The molecule has 0 saturated carbocycles. The molecule has 1 fully saturated rings. The lowest BCUT2D eigenvalue weighted by molar-refractivity contribution is -0.0903. The van der Waals surface area contributed by atoms with Crippen molar-refractivity contribution in [1.82, 2.24) is 0 Å². The van der Waals surface area contributed by atoms with Crippen LogP contribution in [0.3, 0.4) is 0 Å². The van der Waals surface area contributed by atoms with Crippen molar-refractivity contribution >= 4 is 0 Å². The lowest BCUT2D eigenvalue weighted by Gasteiger charge is -2.32. The number of benzene rings is 1. The molecule has 1 saturated heterocycles. The molecule has 0 amide bonds. The molecule has 0 aromatic heterocycles. The van der Waals surface area contributed by atoms with Crippen molar-refractivity contribution in [2.24, 2.45) is 0 Å². The zero-order valence-electron chi connectivity index (χ0n) is 8.79. The average molecular weight is 210 g/mol. The normalized spacial score (nSPS) is 26.6. The molecule has 3 heteroatoms. The maximum atomic E-state index is 13.1. The van der Waals surface area contributed by atoms with E-state index >= 15 is 0 Å². The van der Waals surface area contributed by atoms with Gasteiger partial charge in [-0.1, -0.05) is 12.1 Å². The summed E-state index contributed by atoms with van der Waals surface area (Å²) in [7, 11) is 0. The Morgan fingerprint density at radius 3 is 2.87 bits per heavy atom. The van der Waals surface area contributed by atoms with E-state index in [-0.39, 0.29) is 5.82 Å². The molecular weight excluding hydrogens is 195 g/mol. The second-order valence-corrected chi connectivity index (χ2v) is 4.15. The molecular formula is C12H15FO2. The number of aryl methyl sites for hydroxylation is 1. The number of ether oxygens (including phenoxy) is 1. The molecule has 0 spiro atoms.